The van der Waals surface area contributed by atoms with Crippen LogP contribution in [-0.2, 0) is 4.79 Å². The van der Waals surface area contributed by atoms with Crippen LogP contribution in [0.5, 0.6) is 0 Å². The molecule has 3 aromatic rings. The molecule has 0 atom stereocenters. The van der Waals surface area contributed by atoms with Crippen LogP contribution >= 0.6 is 11.6 Å². The smallest absolute Gasteiger partial charge is 0.259 e. The van der Waals surface area contributed by atoms with Gasteiger partial charge in [-0.05, 0) is 34.5 Å². The van der Waals surface area contributed by atoms with Crippen LogP contribution in [0.25, 0.3) is 10.8 Å². The Kier molecular flexibility index (Phi) is 5.61. The third-order valence-electron chi connectivity index (χ3n) is 3.72. The summed E-state index contributed by atoms with van der Waals surface area (Å²) in [4.78, 5) is 24.2. The van der Waals surface area contributed by atoms with E-state index in [4.69, 9.17) is 11.6 Å². The molecule has 2 N–H and O–H groups in total. The maximum atomic E-state index is 12.3. The number of nitrogens with one attached hydrogen (secondary N) is 2. The first kappa shape index (κ1) is 17.6. The number of carbonyl (C=O) groups excluding carboxylic acids is 2. The Morgan fingerprint density at radius 1 is 0.962 bits per heavy atom. The molecule has 130 valence electrons. The van der Waals surface area contributed by atoms with Crippen molar-refractivity contribution in [2.75, 3.05) is 6.54 Å². The van der Waals surface area contributed by atoms with E-state index in [0.717, 1.165) is 16.3 Å². The van der Waals surface area contributed by atoms with Crippen LogP contribution in [0, 0.1) is 0 Å². The van der Waals surface area contributed by atoms with E-state index in [2.05, 4.69) is 15.8 Å². The molecule has 0 radical (unpaired) electrons. The van der Waals surface area contributed by atoms with Gasteiger partial charge < -0.3 is 5.32 Å². The van der Waals surface area contributed by atoms with E-state index in [1.807, 2.05) is 36.4 Å². The zero-order valence-electron chi connectivity index (χ0n) is 13.8. The highest BCUT2D eigenvalue weighted by atomic mass is 35.5. The Morgan fingerprint density at radius 3 is 2.50 bits per heavy atom. The molecule has 0 aromatic heterocycles. The first-order valence-corrected chi connectivity index (χ1v) is 8.35. The van der Waals surface area contributed by atoms with Crippen LogP contribution in [-0.4, -0.2) is 24.6 Å². The average Bonchev–Trinajstić information content (AvgIpc) is 2.67. The van der Waals surface area contributed by atoms with Gasteiger partial charge in [0.2, 0.25) is 0 Å². The Labute approximate surface area is 155 Å². The minimum Gasteiger partial charge on any atom is -0.343 e. The molecule has 5 nitrogen and oxygen atoms in total. The lowest BCUT2D eigenvalue weighted by Gasteiger charge is -2.07. The summed E-state index contributed by atoms with van der Waals surface area (Å²) < 4.78 is 0. The minimum absolute atomic E-state index is 0.167. The molecule has 0 spiro atoms. The predicted molar refractivity (Wildman–Crippen MR) is 103 cm³/mol. The van der Waals surface area contributed by atoms with Crippen molar-refractivity contribution in [3.63, 3.8) is 0 Å². The Morgan fingerprint density at radius 2 is 1.69 bits per heavy atom. The molecule has 6 heteroatoms. The highest BCUT2D eigenvalue weighted by Gasteiger charge is 2.10. The number of carbonyl (C=O) groups is 2. The van der Waals surface area contributed by atoms with Gasteiger partial charge in [-0.2, -0.15) is 5.10 Å². The number of hydrogen-bond acceptors (Lipinski definition) is 3. The molecule has 0 saturated carbocycles. The topological polar surface area (TPSA) is 70.6 Å². The highest BCUT2D eigenvalue weighted by Crippen LogP contribution is 2.18. The van der Waals surface area contributed by atoms with Crippen LogP contribution in [0.15, 0.2) is 71.8 Å². The van der Waals surface area contributed by atoms with E-state index in [-0.39, 0.29) is 12.5 Å². The Balaban J connectivity index is 1.55. The number of halogens is 1. The first-order chi connectivity index (χ1) is 12.6. The predicted octanol–water partition coefficient (Wildman–Crippen LogP) is 3.37. The number of benzene rings is 3. The van der Waals surface area contributed by atoms with Gasteiger partial charge in [-0.25, -0.2) is 5.43 Å². The molecule has 3 rings (SSSR count). The summed E-state index contributed by atoms with van der Waals surface area (Å²) in [5.74, 6) is -0.720. The van der Waals surface area contributed by atoms with Crippen molar-refractivity contribution in [3.8, 4) is 0 Å². The SMILES string of the molecule is O=C(CNC(=O)c1cccc2ccccc12)N/N=C\c1ccc(Cl)cc1. The zero-order valence-corrected chi connectivity index (χ0v) is 14.5. The molecule has 26 heavy (non-hydrogen) atoms. The fraction of sp³-hybridized carbons (Fsp3) is 0.0500. The van der Waals surface area contributed by atoms with E-state index in [0.29, 0.717) is 10.6 Å². The quantitative estimate of drug-likeness (QED) is 0.537. The van der Waals surface area contributed by atoms with E-state index in [9.17, 15) is 9.59 Å². The maximum absolute atomic E-state index is 12.3. The van der Waals surface area contributed by atoms with Crippen LogP contribution in [0.1, 0.15) is 15.9 Å². The maximum Gasteiger partial charge on any atom is 0.259 e. The standard InChI is InChI=1S/C20H16ClN3O2/c21-16-10-8-14(9-11-16)12-23-24-19(25)13-22-20(26)18-7-3-5-15-4-1-2-6-17(15)18/h1-12H,13H2,(H,22,26)(H,24,25)/b23-12-. The van der Waals surface area contributed by atoms with Gasteiger partial charge in [-0.3, -0.25) is 9.59 Å². The van der Waals surface area contributed by atoms with E-state index in [1.54, 1.807) is 30.3 Å². The van der Waals surface area contributed by atoms with Crippen LogP contribution in [0.3, 0.4) is 0 Å². The molecule has 0 fully saturated rings. The third-order valence-corrected chi connectivity index (χ3v) is 3.97. The first-order valence-electron chi connectivity index (χ1n) is 7.97. The van der Waals surface area contributed by atoms with Crippen molar-refractivity contribution in [1.82, 2.24) is 10.7 Å². The largest absolute Gasteiger partial charge is 0.343 e. The summed E-state index contributed by atoms with van der Waals surface area (Å²) in [6.07, 6.45) is 1.50. The average molecular weight is 366 g/mol. The van der Waals surface area contributed by atoms with Gasteiger partial charge in [0.05, 0.1) is 12.8 Å². The third kappa shape index (κ3) is 4.46. The highest BCUT2D eigenvalue weighted by molar-refractivity contribution is 6.30. The Hall–Kier alpha value is -3.18. The van der Waals surface area contributed by atoms with Gasteiger partial charge in [0, 0.05) is 10.6 Å². The molecule has 0 unspecified atom stereocenters. The van der Waals surface area contributed by atoms with Gasteiger partial charge in [0.15, 0.2) is 0 Å². The minimum atomic E-state index is -0.413. The summed E-state index contributed by atoms with van der Waals surface area (Å²) in [5.41, 5.74) is 3.70. The second kappa shape index (κ2) is 8.27. The molecule has 0 aliphatic rings. The molecule has 0 saturated heterocycles. The number of fused-ring (bicyclic) bond motifs is 1. The molecule has 0 heterocycles. The van der Waals surface area contributed by atoms with Crippen molar-refractivity contribution >= 4 is 40.4 Å². The van der Waals surface area contributed by atoms with Crippen LogP contribution in [0.2, 0.25) is 5.02 Å². The second-order valence-electron chi connectivity index (χ2n) is 5.55. The van der Waals surface area contributed by atoms with Gasteiger partial charge in [-0.15, -0.1) is 0 Å². The monoisotopic (exact) mass is 365 g/mol. The molecular formula is C20H16ClN3O2. The number of amides is 2. The van der Waals surface area contributed by atoms with Crippen LogP contribution in [0.4, 0.5) is 0 Å². The zero-order chi connectivity index (χ0) is 18.4. The number of nitrogens with zero attached hydrogens (tertiary/aromatic N) is 1. The summed E-state index contributed by atoms with van der Waals surface area (Å²) in [7, 11) is 0. The fourth-order valence-corrected chi connectivity index (χ4v) is 2.57. The van der Waals surface area contributed by atoms with Crippen molar-refractivity contribution in [3.05, 3.63) is 82.9 Å². The molecular weight excluding hydrogens is 350 g/mol. The number of rotatable bonds is 5. The Bertz CT molecular complexity index is 963. The molecule has 0 aliphatic carbocycles. The van der Waals surface area contributed by atoms with Crippen molar-refractivity contribution in [2.24, 2.45) is 5.10 Å². The van der Waals surface area contributed by atoms with Crippen molar-refractivity contribution in [2.45, 2.75) is 0 Å². The summed E-state index contributed by atoms with van der Waals surface area (Å²) in [6, 6.07) is 20.1. The lowest BCUT2D eigenvalue weighted by atomic mass is 10.0. The summed E-state index contributed by atoms with van der Waals surface area (Å²) in [5, 5.41) is 8.90. The summed E-state index contributed by atoms with van der Waals surface area (Å²) >= 11 is 5.80. The number of hydrazone groups is 1. The van der Waals surface area contributed by atoms with E-state index in [1.165, 1.54) is 6.21 Å². The fourth-order valence-electron chi connectivity index (χ4n) is 2.45. The van der Waals surface area contributed by atoms with Gasteiger partial charge in [0.25, 0.3) is 11.8 Å². The molecule has 3 aromatic carbocycles. The molecule has 2 amide bonds. The van der Waals surface area contributed by atoms with Gasteiger partial charge in [0.1, 0.15) is 0 Å². The van der Waals surface area contributed by atoms with Gasteiger partial charge >= 0.3 is 0 Å². The molecule has 0 bridgehead atoms. The lowest BCUT2D eigenvalue weighted by molar-refractivity contribution is -0.120. The van der Waals surface area contributed by atoms with E-state index < -0.39 is 5.91 Å². The number of hydrogen-bond donors (Lipinski definition) is 2. The normalized spacial score (nSPS) is 10.8. The summed E-state index contributed by atoms with van der Waals surface area (Å²) in [6.45, 7) is -0.167. The van der Waals surface area contributed by atoms with Gasteiger partial charge in [-0.1, -0.05) is 60.1 Å². The lowest BCUT2D eigenvalue weighted by Crippen LogP contribution is -2.35. The molecule has 0 aliphatic heterocycles. The second-order valence-corrected chi connectivity index (χ2v) is 5.99. The van der Waals surface area contributed by atoms with Crippen molar-refractivity contribution < 1.29 is 9.59 Å². The van der Waals surface area contributed by atoms with E-state index >= 15 is 0 Å². The van der Waals surface area contributed by atoms with Crippen molar-refractivity contribution in [1.29, 1.82) is 0 Å². The van der Waals surface area contributed by atoms with Crippen LogP contribution < -0.4 is 10.7 Å².